The number of benzene rings is 2. The lowest BCUT2D eigenvalue weighted by atomic mass is 10.0. The zero-order valence-electron chi connectivity index (χ0n) is 18.3. The van der Waals surface area contributed by atoms with Crippen LogP contribution in [0, 0.1) is 6.92 Å². The van der Waals surface area contributed by atoms with E-state index in [9.17, 15) is 18.3 Å². The second kappa shape index (κ2) is 8.45. The number of hydrogen-bond acceptors (Lipinski definition) is 7. The highest BCUT2D eigenvalue weighted by molar-refractivity contribution is 7.90. The molecule has 0 amide bonds. The number of carboxylic acid groups (broad SMARTS) is 1. The summed E-state index contributed by atoms with van der Waals surface area (Å²) in [5.74, 6) is -1.35. The molecule has 2 aromatic carbocycles. The number of aromatic nitrogens is 5. The van der Waals surface area contributed by atoms with Crippen LogP contribution in [0.2, 0.25) is 0 Å². The third-order valence-electron chi connectivity index (χ3n) is 5.92. The molecule has 0 unspecified atom stereocenters. The van der Waals surface area contributed by atoms with Crippen LogP contribution in [0.15, 0.2) is 66.0 Å². The number of nitrogens with zero attached hydrogens (tertiary/aromatic N) is 5. The summed E-state index contributed by atoms with van der Waals surface area (Å²) in [6.45, 7) is 1.89. The molecule has 2 aromatic heterocycles. The van der Waals surface area contributed by atoms with Crippen molar-refractivity contribution >= 4 is 15.8 Å². The summed E-state index contributed by atoms with van der Waals surface area (Å²) in [7, 11) is -3.89. The Labute approximate surface area is 196 Å². The summed E-state index contributed by atoms with van der Waals surface area (Å²) in [6, 6.07) is 13.5. The van der Waals surface area contributed by atoms with Crippen molar-refractivity contribution < 1.29 is 18.3 Å². The van der Waals surface area contributed by atoms with Crippen LogP contribution < -0.4 is 0 Å². The molecule has 10 heteroatoms. The maximum Gasteiger partial charge on any atom is 0.335 e. The van der Waals surface area contributed by atoms with Gasteiger partial charge >= 0.3 is 5.97 Å². The second-order valence-corrected chi connectivity index (χ2v) is 10.3. The van der Waals surface area contributed by atoms with Crippen molar-refractivity contribution in [1.82, 2.24) is 25.2 Å². The van der Waals surface area contributed by atoms with E-state index in [1.54, 1.807) is 24.4 Å². The van der Waals surface area contributed by atoms with Crippen LogP contribution in [0.4, 0.5) is 0 Å². The second-order valence-electron chi connectivity index (χ2n) is 8.36. The van der Waals surface area contributed by atoms with Crippen LogP contribution in [-0.4, -0.2) is 44.7 Å². The van der Waals surface area contributed by atoms with Gasteiger partial charge in [-0.2, -0.15) is 0 Å². The van der Waals surface area contributed by atoms with Gasteiger partial charge in [-0.05, 0) is 89.2 Å². The summed E-state index contributed by atoms with van der Waals surface area (Å²) in [5, 5.41) is 20.8. The van der Waals surface area contributed by atoms with Gasteiger partial charge in [0, 0.05) is 11.8 Å². The Morgan fingerprint density at radius 1 is 1.15 bits per heavy atom. The predicted octanol–water partition coefficient (Wildman–Crippen LogP) is 3.58. The van der Waals surface area contributed by atoms with Crippen LogP contribution in [0.5, 0.6) is 0 Å². The summed E-state index contributed by atoms with van der Waals surface area (Å²) in [4.78, 5) is 16.1. The topological polar surface area (TPSA) is 128 Å². The van der Waals surface area contributed by atoms with Gasteiger partial charge in [-0.1, -0.05) is 12.1 Å². The van der Waals surface area contributed by atoms with Gasteiger partial charge in [0.15, 0.2) is 9.84 Å². The fourth-order valence-corrected chi connectivity index (χ4v) is 5.79. The third kappa shape index (κ3) is 4.19. The average Bonchev–Trinajstić information content (AvgIpc) is 3.53. The standard InChI is InChI=1S/C24H21N5O4S/c1-15-10-20(21-4-2-3-9-25-21)18(11-22(15)29-14-26-27-28-29)13-34(32,33)23-12-17(24(30)31)7-8-19(23)16-5-6-16/h2-4,7-12,14,16H,5-6,13H2,1H3,(H,30,31). The number of aromatic carboxylic acids is 1. The third-order valence-corrected chi connectivity index (χ3v) is 7.63. The quantitative estimate of drug-likeness (QED) is 0.430. The molecule has 1 fully saturated rings. The molecule has 1 aliphatic carbocycles. The van der Waals surface area contributed by atoms with Crippen molar-refractivity contribution in [3.05, 3.63) is 83.3 Å². The number of pyridine rings is 1. The van der Waals surface area contributed by atoms with E-state index in [0.717, 1.165) is 18.4 Å². The lowest BCUT2D eigenvalue weighted by Gasteiger charge is -2.16. The molecule has 0 radical (unpaired) electrons. The number of tetrazole rings is 1. The number of carboxylic acids is 1. The smallest absolute Gasteiger partial charge is 0.335 e. The minimum absolute atomic E-state index is 0.0498. The van der Waals surface area contributed by atoms with Crippen molar-refractivity contribution in [2.24, 2.45) is 0 Å². The van der Waals surface area contributed by atoms with Crippen molar-refractivity contribution in [2.75, 3.05) is 0 Å². The zero-order valence-corrected chi connectivity index (χ0v) is 19.1. The monoisotopic (exact) mass is 475 g/mol. The first-order chi connectivity index (χ1) is 16.3. The molecule has 172 valence electrons. The SMILES string of the molecule is Cc1cc(-c2ccccn2)c(CS(=O)(=O)c2cc(C(=O)O)ccc2C2CC2)cc1-n1cnnn1. The predicted molar refractivity (Wildman–Crippen MR) is 123 cm³/mol. The molecule has 2 heterocycles. The largest absolute Gasteiger partial charge is 0.478 e. The number of rotatable bonds is 7. The molecule has 1 saturated carbocycles. The van der Waals surface area contributed by atoms with Gasteiger partial charge in [0.1, 0.15) is 6.33 Å². The Kier molecular flexibility index (Phi) is 5.45. The van der Waals surface area contributed by atoms with E-state index in [0.29, 0.717) is 28.1 Å². The van der Waals surface area contributed by atoms with Gasteiger partial charge in [0.25, 0.3) is 0 Å². The normalized spacial score (nSPS) is 13.7. The van der Waals surface area contributed by atoms with E-state index in [2.05, 4.69) is 20.5 Å². The molecule has 0 aliphatic heterocycles. The molecule has 1 aliphatic rings. The first-order valence-corrected chi connectivity index (χ1v) is 12.4. The minimum Gasteiger partial charge on any atom is -0.478 e. The van der Waals surface area contributed by atoms with E-state index < -0.39 is 15.8 Å². The molecular formula is C24H21N5O4S. The van der Waals surface area contributed by atoms with Crippen LogP contribution in [0.25, 0.3) is 16.9 Å². The number of hydrogen-bond donors (Lipinski definition) is 1. The van der Waals surface area contributed by atoms with Crippen LogP contribution >= 0.6 is 0 Å². The number of aryl methyl sites for hydroxylation is 1. The summed E-state index contributed by atoms with van der Waals surface area (Å²) in [5.41, 5.74) is 3.97. The highest BCUT2D eigenvalue weighted by Crippen LogP contribution is 2.44. The van der Waals surface area contributed by atoms with Crippen LogP contribution in [0.3, 0.4) is 0 Å². The Morgan fingerprint density at radius 2 is 1.97 bits per heavy atom. The lowest BCUT2D eigenvalue weighted by Crippen LogP contribution is -2.12. The van der Waals surface area contributed by atoms with Crippen molar-refractivity contribution in [3.8, 4) is 16.9 Å². The maximum absolute atomic E-state index is 13.7. The van der Waals surface area contributed by atoms with E-state index >= 15 is 0 Å². The molecule has 5 rings (SSSR count). The molecule has 0 bridgehead atoms. The molecule has 34 heavy (non-hydrogen) atoms. The van der Waals surface area contributed by atoms with E-state index in [4.69, 9.17) is 0 Å². The van der Waals surface area contributed by atoms with Gasteiger partial charge in [0.2, 0.25) is 0 Å². The summed E-state index contributed by atoms with van der Waals surface area (Å²) in [6.07, 6.45) is 4.88. The van der Waals surface area contributed by atoms with Crippen LogP contribution in [0.1, 0.15) is 45.8 Å². The van der Waals surface area contributed by atoms with Gasteiger partial charge in [0.05, 0.1) is 27.6 Å². The molecule has 0 saturated heterocycles. The average molecular weight is 476 g/mol. The van der Waals surface area contributed by atoms with Gasteiger partial charge in [-0.15, -0.1) is 5.10 Å². The highest BCUT2D eigenvalue weighted by atomic mass is 32.2. The lowest BCUT2D eigenvalue weighted by molar-refractivity contribution is 0.0696. The van der Waals surface area contributed by atoms with Crippen molar-refractivity contribution in [1.29, 1.82) is 0 Å². The van der Waals surface area contributed by atoms with Crippen molar-refractivity contribution in [2.45, 2.75) is 36.3 Å². The molecule has 0 spiro atoms. The zero-order chi connectivity index (χ0) is 23.9. The Balaban J connectivity index is 1.66. The fourth-order valence-electron chi connectivity index (χ4n) is 4.09. The van der Waals surface area contributed by atoms with E-state index in [1.807, 2.05) is 25.1 Å². The van der Waals surface area contributed by atoms with Crippen molar-refractivity contribution in [3.63, 3.8) is 0 Å². The van der Waals surface area contributed by atoms with Gasteiger partial charge in [-0.3, -0.25) is 4.98 Å². The number of carbonyl (C=O) groups is 1. The van der Waals surface area contributed by atoms with Gasteiger partial charge in [-0.25, -0.2) is 17.9 Å². The Hall–Kier alpha value is -3.92. The summed E-state index contributed by atoms with van der Waals surface area (Å²) >= 11 is 0. The molecular weight excluding hydrogens is 454 g/mol. The fraction of sp³-hybridized carbons (Fsp3) is 0.208. The van der Waals surface area contributed by atoms with E-state index in [-0.39, 0.29) is 22.1 Å². The highest BCUT2D eigenvalue weighted by Gasteiger charge is 2.32. The molecule has 1 N–H and O–H groups in total. The first-order valence-electron chi connectivity index (χ1n) is 10.7. The van der Waals surface area contributed by atoms with Crippen LogP contribution in [-0.2, 0) is 15.6 Å². The number of sulfone groups is 1. The molecule has 4 aromatic rings. The Bertz CT molecular complexity index is 1480. The maximum atomic E-state index is 13.7. The summed E-state index contributed by atoms with van der Waals surface area (Å²) < 4.78 is 29.0. The molecule has 0 atom stereocenters. The molecule has 9 nitrogen and oxygen atoms in total. The van der Waals surface area contributed by atoms with Gasteiger partial charge < -0.3 is 5.11 Å². The Morgan fingerprint density at radius 3 is 2.62 bits per heavy atom. The van der Waals surface area contributed by atoms with E-state index in [1.165, 1.54) is 23.1 Å². The minimum atomic E-state index is -3.89. The first kappa shape index (κ1) is 21.9.